The quantitative estimate of drug-likeness (QED) is 0.785. The molecule has 0 N–H and O–H groups in total. The van der Waals surface area contributed by atoms with Gasteiger partial charge in [0.2, 0.25) is 0 Å². The molecule has 0 spiro atoms. The van der Waals surface area contributed by atoms with Gasteiger partial charge in [0.1, 0.15) is 11.6 Å². The molecule has 0 aromatic heterocycles. The number of rotatable bonds is 2. The predicted octanol–water partition coefficient (Wildman–Crippen LogP) is 3.34. The van der Waals surface area contributed by atoms with Gasteiger partial charge in [-0.2, -0.15) is 0 Å². The lowest BCUT2D eigenvalue weighted by Gasteiger charge is -2.40. The van der Waals surface area contributed by atoms with Crippen LogP contribution in [-0.2, 0) is 14.3 Å². The third-order valence-electron chi connectivity index (χ3n) is 3.93. The molecular formula is C18H25NO4. The molecule has 0 radical (unpaired) electrons. The number of carbonyl (C=O) groups excluding carboxylic acids is 2. The molecule has 1 aromatic carbocycles. The maximum absolute atomic E-state index is 12.5. The Morgan fingerprint density at radius 1 is 1.17 bits per heavy atom. The number of hydrogen-bond donors (Lipinski definition) is 0. The lowest BCUT2D eigenvalue weighted by Crippen LogP contribution is -2.53. The number of piperidine rings is 1. The summed E-state index contributed by atoms with van der Waals surface area (Å²) in [6, 6.07) is 9.14. The Morgan fingerprint density at radius 2 is 1.83 bits per heavy atom. The summed E-state index contributed by atoms with van der Waals surface area (Å²) in [5.74, 6) is -0.477. The van der Waals surface area contributed by atoms with Crippen LogP contribution < -0.4 is 0 Å². The monoisotopic (exact) mass is 319 g/mol. The van der Waals surface area contributed by atoms with Gasteiger partial charge in [0.05, 0.1) is 7.11 Å². The van der Waals surface area contributed by atoms with Crippen molar-refractivity contribution < 1.29 is 19.1 Å². The van der Waals surface area contributed by atoms with Crippen molar-refractivity contribution in [3.63, 3.8) is 0 Å². The minimum atomic E-state index is -0.647. The van der Waals surface area contributed by atoms with Gasteiger partial charge in [0, 0.05) is 12.5 Å². The smallest absolute Gasteiger partial charge is 0.411 e. The molecule has 5 heteroatoms. The number of esters is 1. The molecule has 1 heterocycles. The lowest BCUT2D eigenvalue weighted by atomic mass is 9.83. The van der Waals surface area contributed by atoms with Crippen LogP contribution in [0.4, 0.5) is 4.79 Å². The van der Waals surface area contributed by atoms with Crippen molar-refractivity contribution in [3.05, 3.63) is 35.9 Å². The first-order valence-electron chi connectivity index (χ1n) is 7.96. The largest absolute Gasteiger partial charge is 0.467 e. The molecular weight excluding hydrogens is 294 g/mol. The van der Waals surface area contributed by atoms with Crippen LogP contribution in [0.25, 0.3) is 0 Å². The van der Waals surface area contributed by atoms with E-state index >= 15 is 0 Å². The summed E-state index contributed by atoms with van der Waals surface area (Å²) in [6.07, 6.45) is 1.20. The number of benzene rings is 1. The van der Waals surface area contributed by atoms with Crippen LogP contribution in [0.1, 0.15) is 45.1 Å². The number of methoxy groups -OCH3 is 1. The number of likely N-dealkylation sites (tertiary alicyclic amines) is 1. The molecule has 2 rings (SSSR count). The van der Waals surface area contributed by atoms with Crippen molar-refractivity contribution in [2.45, 2.75) is 51.2 Å². The van der Waals surface area contributed by atoms with Crippen LogP contribution >= 0.6 is 0 Å². The van der Waals surface area contributed by atoms with Crippen molar-refractivity contribution >= 4 is 12.1 Å². The first kappa shape index (κ1) is 17.3. The summed E-state index contributed by atoms with van der Waals surface area (Å²) in [5, 5.41) is 0. The van der Waals surface area contributed by atoms with E-state index in [0.29, 0.717) is 6.54 Å². The number of ether oxygens (including phenoxy) is 2. The summed E-state index contributed by atoms with van der Waals surface area (Å²) in [4.78, 5) is 26.4. The Balaban J connectivity index is 2.30. The maximum Gasteiger partial charge on any atom is 0.411 e. The van der Waals surface area contributed by atoms with Crippen molar-refractivity contribution in [2.24, 2.45) is 0 Å². The molecule has 5 nitrogen and oxygen atoms in total. The Kier molecular flexibility index (Phi) is 5.29. The first-order valence-corrected chi connectivity index (χ1v) is 7.96. The summed E-state index contributed by atoms with van der Waals surface area (Å²) in [7, 11) is 1.35. The van der Waals surface area contributed by atoms with Gasteiger partial charge in [0.25, 0.3) is 0 Å². The van der Waals surface area contributed by atoms with Crippen molar-refractivity contribution in [3.8, 4) is 0 Å². The topological polar surface area (TPSA) is 55.8 Å². The highest BCUT2D eigenvalue weighted by atomic mass is 16.6. The molecule has 1 aromatic rings. The Bertz CT molecular complexity index is 550. The lowest BCUT2D eigenvalue weighted by molar-refractivity contribution is -0.149. The van der Waals surface area contributed by atoms with Crippen LogP contribution in [0, 0.1) is 0 Å². The van der Waals surface area contributed by atoms with E-state index in [2.05, 4.69) is 0 Å². The second-order valence-corrected chi connectivity index (χ2v) is 6.80. The fourth-order valence-electron chi connectivity index (χ4n) is 2.98. The van der Waals surface area contributed by atoms with E-state index in [1.54, 1.807) is 0 Å². The zero-order valence-electron chi connectivity index (χ0n) is 14.2. The van der Waals surface area contributed by atoms with Crippen molar-refractivity contribution in [1.82, 2.24) is 4.90 Å². The van der Waals surface area contributed by atoms with Crippen LogP contribution in [0.5, 0.6) is 0 Å². The Hall–Kier alpha value is -2.04. The summed E-state index contributed by atoms with van der Waals surface area (Å²) < 4.78 is 10.4. The minimum absolute atomic E-state index is 0.0788. The third-order valence-corrected chi connectivity index (χ3v) is 3.93. The molecule has 0 aliphatic carbocycles. The molecule has 0 saturated carbocycles. The predicted molar refractivity (Wildman–Crippen MR) is 87.2 cm³/mol. The highest BCUT2D eigenvalue weighted by Crippen LogP contribution is 2.34. The fraction of sp³-hybridized carbons (Fsp3) is 0.556. The van der Waals surface area contributed by atoms with Gasteiger partial charge >= 0.3 is 12.1 Å². The van der Waals surface area contributed by atoms with E-state index in [-0.39, 0.29) is 5.92 Å². The standard InChI is InChI=1S/C18H25NO4/c1-18(2,3)23-17(21)19-12-8-11-14(15(19)16(20)22-4)13-9-6-5-7-10-13/h5-7,9-10,14-15H,8,11-12H2,1-4H3. The molecule has 1 saturated heterocycles. The van der Waals surface area contributed by atoms with Crippen LogP contribution in [0.3, 0.4) is 0 Å². The van der Waals surface area contributed by atoms with Gasteiger partial charge in [-0.3, -0.25) is 4.90 Å². The van der Waals surface area contributed by atoms with E-state index in [0.717, 1.165) is 18.4 Å². The molecule has 0 bridgehead atoms. The van der Waals surface area contributed by atoms with Gasteiger partial charge < -0.3 is 9.47 Å². The van der Waals surface area contributed by atoms with Crippen molar-refractivity contribution in [2.75, 3.05) is 13.7 Å². The fourth-order valence-corrected chi connectivity index (χ4v) is 2.98. The summed E-state index contributed by atoms with van der Waals surface area (Å²) in [5.41, 5.74) is 0.438. The van der Waals surface area contributed by atoms with E-state index in [1.165, 1.54) is 12.0 Å². The minimum Gasteiger partial charge on any atom is -0.467 e. The first-order chi connectivity index (χ1) is 10.8. The van der Waals surface area contributed by atoms with Gasteiger partial charge in [0.15, 0.2) is 0 Å². The van der Waals surface area contributed by atoms with Crippen LogP contribution in [0.2, 0.25) is 0 Å². The van der Waals surface area contributed by atoms with E-state index < -0.39 is 23.7 Å². The Labute approximate surface area is 137 Å². The molecule has 126 valence electrons. The van der Waals surface area contributed by atoms with E-state index in [4.69, 9.17) is 9.47 Å². The highest BCUT2D eigenvalue weighted by molar-refractivity contribution is 5.83. The van der Waals surface area contributed by atoms with Gasteiger partial charge in [-0.1, -0.05) is 30.3 Å². The Morgan fingerprint density at radius 3 is 2.39 bits per heavy atom. The van der Waals surface area contributed by atoms with Gasteiger partial charge in [-0.25, -0.2) is 9.59 Å². The average molecular weight is 319 g/mol. The molecule has 1 aliphatic heterocycles. The maximum atomic E-state index is 12.5. The van der Waals surface area contributed by atoms with Crippen LogP contribution in [0.15, 0.2) is 30.3 Å². The third kappa shape index (κ3) is 4.24. The number of amides is 1. The second kappa shape index (κ2) is 7.02. The molecule has 2 unspecified atom stereocenters. The van der Waals surface area contributed by atoms with Crippen molar-refractivity contribution in [1.29, 1.82) is 0 Å². The number of hydrogen-bond acceptors (Lipinski definition) is 4. The van der Waals surface area contributed by atoms with E-state index in [9.17, 15) is 9.59 Å². The van der Waals surface area contributed by atoms with Gasteiger partial charge in [-0.05, 0) is 39.2 Å². The molecule has 23 heavy (non-hydrogen) atoms. The number of nitrogens with zero attached hydrogens (tertiary/aromatic N) is 1. The highest BCUT2D eigenvalue weighted by Gasteiger charge is 2.42. The SMILES string of the molecule is COC(=O)C1C(c2ccccc2)CCCN1C(=O)OC(C)(C)C. The van der Waals surface area contributed by atoms with Crippen LogP contribution in [-0.4, -0.2) is 42.3 Å². The normalized spacial score (nSPS) is 21.7. The zero-order chi connectivity index (χ0) is 17.0. The summed E-state index contributed by atoms with van der Waals surface area (Å²) in [6.45, 7) is 5.95. The molecule has 1 aliphatic rings. The number of carbonyl (C=O) groups is 2. The van der Waals surface area contributed by atoms with Gasteiger partial charge in [-0.15, -0.1) is 0 Å². The second-order valence-electron chi connectivity index (χ2n) is 6.80. The average Bonchev–Trinajstić information content (AvgIpc) is 2.52. The molecule has 2 atom stereocenters. The zero-order valence-corrected chi connectivity index (χ0v) is 14.2. The van der Waals surface area contributed by atoms with E-state index in [1.807, 2.05) is 51.1 Å². The summed E-state index contributed by atoms with van der Waals surface area (Å²) >= 11 is 0. The molecule has 1 amide bonds. The molecule has 1 fully saturated rings.